The molecule has 41 heavy (non-hydrogen) atoms. The van der Waals surface area contributed by atoms with E-state index in [9.17, 15) is 0 Å². The Kier molecular flexibility index (Phi) is 7.56. The summed E-state index contributed by atoms with van der Waals surface area (Å²) in [6.45, 7) is 6.70. The summed E-state index contributed by atoms with van der Waals surface area (Å²) in [6, 6.07) is 47.7. The van der Waals surface area contributed by atoms with Gasteiger partial charge in [0.1, 0.15) is 0 Å². The molecule has 0 aliphatic heterocycles. The zero-order chi connectivity index (χ0) is 28.2. The molecule has 2 unspecified atom stereocenters. The van der Waals surface area contributed by atoms with Crippen LogP contribution in [-0.4, -0.2) is 0 Å². The fourth-order valence-corrected chi connectivity index (χ4v) is 5.40. The van der Waals surface area contributed by atoms with Crippen molar-refractivity contribution in [2.45, 2.75) is 20.8 Å². The topological polar surface area (TPSA) is 6.48 Å². The van der Waals surface area contributed by atoms with Crippen molar-refractivity contribution in [1.29, 1.82) is 0 Å². The number of rotatable bonds is 7. The third-order valence-electron chi connectivity index (χ3n) is 8.00. The summed E-state index contributed by atoms with van der Waals surface area (Å²) in [7, 11) is 0. The van der Waals surface area contributed by atoms with Gasteiger partial charge in [0.25, 0.3) is 0 Å². The number of aryl methyl sites for hydroxylation is 1. The minimum Gasteiger partial charge on any atom is -0.311 e. The molecule has 2 nitrogen and oxygen atoms in total. The van der Waals surface area contributed by atoms with Crippen LogP contribution >= 0.6 is 0 Å². The van der Waals surface area contributed by atoms with E-state index in [1.54, 1.807) is 0 Å². The molecule has 202 valence electrons. The number of anilines is 5. The molecule has 0 aromatic heterocycles. The van der Waals surface area contributed by atoms with E-state index in [-0.39, 0.29) is 0 Å². The Morgan fingerprint density at radius 1 is 0.439 bits per heavy atom. The largest absolute Gasteiger partial charge is 0.311 e. The number of benzene rings is 5. The number of allylic oxidation sites excluding steroid dienone is 3. The third kappa shape index (κ3) is 5.73. The Morgan fingerprint density at radius 3 is 1.34 bits per heavy atom. The molecule has 1 aliphatic carbocycles. The molecule has 0 saturated heterocycles. The van der Waals surface area contributed by atoms with Gasteiger partial charge in [0, 0.05) is 34.1 Å². The van der Waals surface area contributed by atoms with Gasteiger partial charge in [-0.1, -0.05) is 104 Å². The zero-order valence-corrected chi connectivity index (χ0v) is 24.0. The molecule has 0 spiro atoms. The van der Waals surface area contributed by atoms with Crippen LogP contribution in [0.1, 0.15) is 19.4 Å². The summed E-state index contributed by atoms with van der Waals surface area (Å²) < 4.78 is 0. The lowest BCUT2D eigenvalue weighted by molar-refractivity contribution is 0.547. The number of hydrogen-bond acceptors (Lipinski definition) is 2. The van der Waals surface area contributed by atoms with Gasteiger partial charge in [0.05, 0.1) is 0 Å². The van der Waals surface area contributed by atoms with Gasteiger partial charge in [0.2, 0.25) is 0 Å². The summed E-state index contributed by atoms with van der Waals surface area (Å²) in [4.78, 5) is 4.66. The van der Waals surface area contributed by atoms with Crippen molar-refractivity contribution in [1.82, 2.24) is 0 Å². The first-order valence-electron chi connectivity index (χ1n) is 14.4. The lowest BCUT2D eigenvalue weighted by Crippen LogP contribution is -2.19. The highest BCUT2D eigenvalue weighted by Gasteiger charge is 2.19. The maximum absolute atomic E-state index is 2.39. The van der Waals surface area contributed by atoms with Gasteiger partial charge < -0.3 is 9.80 Å². The maximum Gasteiger partial charge on any atom is 0.0462 e. The Bertz CT molecular complexity index is 1630. The SMILES string of the molecule is Cc1ccc(N(c2ccccc2)c2ccc(-c3ccc(N(C4=CC(C)C(C)C=C4)c4ccccc4)cc3)cc2)cc1. The molecule has 5 aromatic carbocycles. The number of nitrogens with zero attached hydrogens (tertiary/aromatic N) is 2. The van der Waals surface area contributed by atoms with Crippen molar-refractivity contribution in [2.24, 2.45) is 11.8 Å². The summed E-state index contributed by atoms with van der Waals surface area (Å²) in [5.41, 5.74) is 10.6. The quantitative estimate of drug-likeness (QED) is 0.206. The van der Waals surface area contributed by atoms with Crippen LogP contribution in [0.3, 0.4) is 0 Å². The first-order chi connectivity index (χ1) is 20.1. The van der Waals surface area contributed by atoms with E-state index >= 15 is 0 Å². The highest BCUT2D eigenvalue weighted by molar-refractivity contribution is 5.79. The van der Waals surface area contributed by atoms with Crippen molar-refractivity contribution < 1.29 is 0 Å². The van der Waals surface area contributed by atoms with Crippen molar-refractivity contribution in [2.75, 3.05) is 9.80 Å². The van der Waals surface area contributed by atoms with Crippen LogP contribution in [0.25, 0.3) is 11.1 Å². The van der Waals surface area contributed by atoms with E-state index in [1.165, 1.54) is 28.1 Å². The van der Waals surface area contributed by atoms with E-state index in [0.717, 1.165) is 22.7 Å². The van der Waals surface area contributed by atoms with Crippen LogP contribution in [0, 0.1) is 18.8 Å². The smallest absolute Gasteiger partial charge is 0.0462 e. The monoisotopic (exact) mass is 532 g/mol. The first-order valence-corrected chi connectivity index (χ1v) is 14.4. The van der Waals surface area contributed by atoms with E-state index in [1.807, 2.05) is 0 Å². The molecular weight excluding hydrogens is 496 g/mol. The Morgan fingerprint density at radius 2 is 0.854 bits per heavy atom. The molecule has 1 aliphatic rings. The van der Waals surface area contributed by atoms with E-state index in [4.69, 9.17) is 0 Å². The lowest BCUT2D eigenvalue weighted by atomic mass is 9.90. The molecule has 5 aromatic rings. The van der Waals surface area contributed by atoms with Gasteiger partial charge in [-0.25, -0.2) is 0 Å². The first kappa shape index (κ1) is 26.4. The Balaban J connectivity index is 1.30. The van der Waals surface area contributed by atoms with Crippen LogP contribution in [0.2, 0.25) is 0 Å². The Hall–Kier alpha value is -4.82. The van der Waals surface area contributed by atoms with E-state index < -0.39 is 0 Å². The molecule has 0 heterocycles. The Labute approximate surface area is 244 Å². The fraction of sp³-hybridized carbons (Fsp3) is 0.128. The number of para-hydroxylation sites is 2. The predicted molar refractivity (Wildman–Crippen MR) is 175 cm³/mol. The second-order valence-electron chi connectivity index (χ2n) is 10.9. The van der Waals surface area contributed by atoms with Gasteiger partial charge in [0.15, 0.2) is 0 Å². The average molecular weight is 533 g/mol. The molecule has 2 atom stereocenters. The molecule has 2 heteroatoms. The van der Waals surface area contributed by atoms with E-state index in [2.05, 4.69) is 182 Å². The summed E-state index contributed by atoms with van der Waals surface area (Å²) >= 11 is 0. The summed E-state index contributed by atoms with van der Waals surface area (Å²) in [6.07, 6.45) is 6.97. The van der Waals surface area contributed by atoms with Crippen molar-refractivity contribution >= 4 is 28.4 Å². The van der Waals surface area contributed by atoms with Gasteiger partial charge in [-0.05, 0) is 96.6 Å². The molecule has 0 N–H and O–H groups in total. The third-order valence-corrected chi connectivity index (χ3v) is 8.00. The predicted octanol–water partition coefficient (Wildman–Crippen LogP) is 11.0. The van der Waals surface area contributed by atoms with Crippen molar-refractivity contribution in [3.63, 3.8) is 0 Å². The minimum absolute atomic E-state index is 0.495. The molecule has 0 bridgehead atoms. The van der Waals surface area contributed by atoms with Gasteiger partial charge >= 0.3 is 0 Å². The molecular formula is C39H36N2. The molecule has 0 amide bonds. The van der Waals surface area contributed by atoms with Crippen LogP contribution in [0.4, 0.5) is 28.4 Å². The van der Waals surface area contributed by atoms with Crippen LogP contribution in [0.5, 0.6) is 0 Å². The highest BCUT2D eigenvalue weighted by Crippen LogP contribution is 2.37. The molecule has 0 fully saturated rings. The number of hydrogen-bond donors (Lipinski definition) is 0. The molecule has 0 radical (unpaired) electrons. The van der Waals surface area contributed by atoms with Crippen LogP contribution in [-0.2, 0) is 0 Å². The van der Waals surface area contributed by atoms with Crippen LogP contribution < -0.4 is 9.80 Å². The highest BCUT2D eigenvalue weighted by atomic mass is 15.1. The van der Waals surface area contributed by atoms with Gasteiger partial charge in [-0.2, -0.15) is 0 Å². The minimum atomic E-state index is 0.495. The maximum atomic E-state index is 2.39. The second-order valence-corrected chi connectivity index (χ2v) is 10.9. The molecule has 6 rings (SSSR count). The van der Waals surface area contributed by atoms with E-state index in [0.29, 0.717) is 11.8 Å². The van der Waals surface area contributed by atoms with Gasteiger partial charge in [-0.15, -0.1) is 0 Å². The lowest BCUT2D eigenvalue weighted by Gasteiger charge is -2.30. The standard InChI is InChI=1S/C39H36N2/c1-29-14-21-36(22-15-29)40(34-10-6-4-7-11-34)37-24-17-32(18-25-37)33-19-26-38(27-20-33)41(35-12-8-5-9-13-35)39-23-16-30(2)31(3)28-39/h4-28,30-31H,1-3H3. The fourth-order valence-electron chi connectivity index (χ4n) is 5.40. The summed E-state index contributed by atoms with van der Waals surface area (Å²) in [5.74, 6) is 1.04. The van der Waals surface area contributed by atoms with Crippen molar-refractivity contribution in [3.8, 4) is 11.1 Å². The normalized spacial score (nSPS) is 16.2. The van der Waals surface area contributed by atoms with Crippen LogP contribution in [0.15, 0.2) is 157 Å². The summed E-state index contributed by atoms with van der Waals surface area (Å²) in [5, 5.41) is 0. The molecule has 0 saturated carbocycles. The zero-order valence-electron chi connectivity index (χ0n) is 24.0. The average Bonchev–Trinajstić information content (AvgIpc) is 3.02. The van der Waals surface area contributed by atoms with Crippen molar-refractivity contribution in [3.05, 3.63) is 163 Å². The van der Waals surface area contributed by atoms with Gasteiger partial charge in [-0.3, -0.25) is 0 Å². The second kappa shape index (κ2) is 11.7.